The lowest BCUT2D eigenvalue weighted by Gasteiger charge is -2.09. The molecule has 0 unspecified atom stereocenters. The van der Waals surface area contributed by atoms with Crippen molar-refractivity contribution in [3.63, 3.8) is 0 Å². The van der Waals surface area contributed by atoms with E-state index in [-0.39, 0.29) is 12.5 Å². The summed E-state index contributed by atoms with van der Waals surface area (Å²) in [5, 5.41) is 5.24. The van der Waals surface area contributed by atoms with Crippen LogP contribution in [0, 0.1) is 20.8 Å². The quantitative estimate of drug-likeness (QED) is 0.689. The summed E-state index contributed by atoms with van der Waals surface area (Å²) >= 11 is 1.32. The summed E-state index contributed by atoms with van der Waals surface area (Å²) in [7, 11) is 1.83. The van der Waals surface area contributed by atoms with Crippen LogP contribution >= 0.6 is 11.3 Å². The summed E-state index contributed by atoms with van der Waals surface area (Å²) in [6.07, 6.45) is 0. The van der Waals surface area contributed by atoms with Crippen LogP contribution in [0.5, 0.6) is 5.75 Å². The smallest absolute Gasteiger partial charge is 0.279 e. The van der Waals surface area contributed by atoms with Crippen LogP contribution in [0.1, 0.15) is 26.5 Å². The maximum atomic E-state index is 12.2. The third kappa shape index (κ3) is 3.70. The number of carbonyl (C=O) groups excluding carboxylic acids is 2. The van der Waals surface area contributed by atoms with E-state index in [1.807, 2.05) is 46.0 Å². The molecule has 2 heterocycles. The lowest BCUT2D eigenvalue weighted by Crippen LogP contribution is -2.43. The first-order valence-corrected chi connectivity index (χ1v) is 8.89. The minimum atomic E-state index is -0.435. The summed E-state index contributed by atoms with van der Waals surface area (Å²) < 4.78 is 7.17. The van der Waals surface area contributed by atoms with Gasteiger partial charge in [-0.15, -0.1) is 11.3 Å². The topological polar surface area (TPSA) is 85.2 Å². The molecule has 0 spiro atoms. The van der Waals surface area contributed by atoms with E-state index < -0.39 is 5.91 Å². The van der Waals surface area contributed by atoms with Crippen LogP contribution in [-0.2, 0) is 11.8 Å². The normalized spacial score (nSPS) is 10.8. The molecule has 0 aliphatic rings. The lowest BCUT2D eigenvalue weighted by atomic mass is 10.1. The van der Waals surface area contributed by atoms with Crippen LogP contribution in [0.4, 0.5) is 0 Å². The molecule has 0 aliphatic heterocycles. The first-order chi connectivity index (χ1) is 12.3. The fourth-order valence-electron chi connectivity index (χ4n) is 2.49. The van der Waals surface area contributed by atoms with Crippen LogP contribution in [0.2, 0.25) is 0 Å². The number of aromatic nitrogens is 2. The summed E-state index contributed by atoms with van der Waals surface area (Å²) in [6, 6.07) is 7.38. The Hall–Kier alpha value is -2.87. The molecule has 136 valence electrons. The van der Waals surface area contributed by atoms with Crippen LogP contribution < -0.4 is 15.6 Å². The highest BCUT2D eigenvalue weighted by atomic mass is 32.1. The molecule has 3 aromatic rings. The van der Waals surface area contributed by atoms with Gasteiger partial charge in [0, 0.05) is 12.4 Å². The number of thiophene rings is 1. The van der Waals surface area contributed by atoms with Crippen LogP contribution in [0.15, 0.2) is 24.3 Å². The average molecular weight is 372 g/mol. The fraction of sp³-hybridized carbons (Fsp3) is 0.278. The zero-order valence-electron chi connectivity index (χ0n) is 15.0. The number of hydrogen-bond acceptors (Lipinski definition) is 5. The van der Waals surface area contributed by atoms with Crippen molar-refractivity contribution in [1.82, 2.24) is 20.6 Å². The van der Waals surface area contributed by atoms with E-state index in [2.05, 4.69) is 16.0 Å². The Labute approximate surface area is 154 Å². The summed E-state index contributed by atoms with van der Waals surface area (Å²) in [5.41, 5.74) is 7.88. The Kier molecular flexibility index (Phi) is 4.94. The van der Waals surface area contributed by atoms with Gasteiger partial charge in [-0.3, -0.25) is 25.1 Å². The number of benzene rings is 1. The van der Waals surface area contributed by atoms with Crippen molar-refractivity contribution in [2.75, 3.05) is 6.61 Å². The zero-order chi connectivity index (χ0) is 18.8. The van der Waals surface area contributed by atoms with Gasteiger partial charge in [0.15, 0.2) is 6.61 Å². The van der Waals surface area contributed by atoms with Gasteiger partial charge < -0.3 is 4.74 Å². The molecule has 2 N–H and O–H groups in total. The van der Waals surface area contributed by atoms with E-state index in [9.17, 15) is 9.59 Å². The maximum Gasteiger partial charge on any atom is 0.279 e. The molecule has 0 radical (unpaired) electrons. The molecule has 3 rings (SSSR count). The molecule has 0 aliphatic carbocycles. The Morgan fingerprint density at radius 1 is 1.15 bits per heavy atom. The Balaban J connectivity index is 1.53. The Morgan fingerprint density at radius 2 is 1.92 bits per heavy atom. The van der Waals surface area contributed by atoms with Crippen molar-refractivity contribution >= 4 is 33.4 Å². The second kappa shape index (κ2) is 7.17. The van der Waals surface area contributed by atoms with Gasteiger partial charge in [-0.05, 0) is 50.1 Å². The predicted octanol–water partition coefficient (Wildman–Crippen LogP) is 2.40. The number of amides is 2. The average Bonchev–Trinajstić information content (AvgIpc) is 3.16. The van der Waals surface area contributed by atoms with E-state index in [1.54, 1.807) is 10.7 Å². The minimum absolute atomic E-state index is 0.182. The summed E-state index contributed by atoms with van der Waals surface area (Å²) in [6.45, 7) is 5.69. The van der Waals surface area contributed by atoms with Crippen molar-refractivity contribution in [2.45, 2.75) is 20.8 Å². The molecule has 0 saturated heterocycles. The predicted molar refractivity (Wildman–Crippen MR) is 100 cm³/mol. The molecule has 0 atom stereocenters. The maximum absolute atomic E-state index is 12.2. The van der Waals surface area contributed by atoms with Gasteiger partial charge in [-0.1, -0.05) is 6.07 Å². The third-order valence-electron chi connectivity index (χ3n) is 4.08. The monoisotopic (exact) mass is 372 g/mol. The first-order valence-electron chi connectivity index (χ1n) is 8.07. The molecule has 8 heteroatoms. The summed E-state index contributed by atoms with van der Waals surface area (Å²) in [5.74, 6) is -0.192. The molecule has 0 bridgehead atoms. The van der Waals surface area contributed by atoms with Gasteiger partial charge in [0.25, 0.3) is 11.8 Å². The van der Waals surface area contributed by atoms with Crippen molar-refractivity contribution in [1.29, 1.82) is 0 Å². The largest absolute Gasteiger partial charge is 0.484 e. The Bertz CT molecular complexity index is 955. The van der Waals surface area contributed by atoms with Gasteiger partial charge >= 0.3 is 0 Å². The number of rotatable bonds is 4. The molecule has 2 amide bonds. The number of hydrogen-bond donors (Lipinski definition) is 2. The second-order valence-corrected chi connectivity index (χ2v) is 7.11. The van der Waals surface area contributed by atoms with Crippen molar-refractivity contribution in [2.24, 2.45) is 7.05 Å². The van der Waals surface area contributed by atoms with E-state index in [4.69, 9.17) is 4.74 Å². The third-order valence-corrected chi connectivity index (χ3v) is 5.28. The van der Waals surface area contributed by atoms with E-state index in [0.29, 0.717) is 10.6 Å². The standard InChI is InChI=1S/C18H20N4O3S/c1-10-5-6-13(7-11(10)2)25-9-16(23)19-20-17(24)15-8-14-12(3)21-22(4)18(14)26-15/h5-8H,9H2,1-4H3,(H,19,23)(H,20,24). The van der Waals surface area contributed by atoms with Gasteiger partial charge in [0.05, 0.1) is 10.6 Å². The van der Waals surface area contributed by atoms with Crippen LogP contribution in [-0.4, -0.2) is 28.2 Å². The number of aryl methyl sites for hydroxylation is 4. The highest BCUT2D eigenvalue weighted by Gasteiger charge is 2.15. The fourth-order valence-corrected chi connectivity index (χ4v) is 3.51. The number of carbonyl (C=O) groups is 2. The van der Waals surface area contributed by atoms with Gasteiger partial charge in [0.1, 0.15) is 10.6 Å². The van der Waals surface area contributed by atoms with Crippen molar-refractivity contribution in [3.05, 3.63) is 46.0 Å². The minimum Gasteiger partial charge on any atom is -0.484 e. The van der Waals surface area contributed by atoms with E-state index in [1.165, 1.54) is 11.3 Å². The molecule has 1 aromatic carbocycles. The van der Waals surface area contributed by atoms with Crippen LogP contribution in [0.3, 0.4) is 0 Å². The molecule has 2 aromatic heterocycles. The number of hydrazine groups is 1. The number of ether oxygens (including phenoxy) is 1. The molecule has 0 fully saturated rings. The Morgan fingerprint density at radius 3 is 2.62 bits per heavy atom. The second-order valence-electron chi connectivity index (χ2n) is 6.08. The number of fused-ring (bicyclic) bond motifs is 1. The summed E-state index contributed by atoms with van der Waals surface area (Å²) in [4.78, 5) is 25.5. The highest BCUT2D eigenvalue weighted by Crippen LogP contribution is 2.27. The molecule has 0 saturated carbocycles. The molecule has 7 nitrogen and oxygen atoms in total. The van der Waals surface area contributed by atoms with Gasteiger partial charge in [-0.2, -0.15) is 5.10 Å². The molecular weight excluding hydrogens is 352 g/mol. The van der Waals surface area contributed by atoms with E-state index in [0.717, 1.165) is 27.0 Å². The highest BCUT2D eigenvalue weighted by molar-refractivity contribution is 7.20. The first kappa shape index (κ1) is 17.9. The van der Waals surface area contributed by atoms with E-state index >= 15 is 0 Å². The van der Waals surface area contributed by atoms with Crippen LogP contribution in [0.25, 0.3) is 10.2 Å². The van der Waals surface area contributed by atoms with Gasteiger partial charge in [0.2, 0.25) is 0 Å². The number of nitrogens with zero attached hydrogens (tertiary/aromatic N) is 2. The van der Waals surface area contributed by atoms with Crippen molar-refractivity contribution in [3.8, 4) is 5.75 Å². The number of nitrogens with one attached hydrogen (secondary N) is 2. The van der Waals surface area contributed by atoms with Crippen molar-refractivity contribution < 1.29 is 14.3 Å². The zero-order valence-corrected chi connectivity index (χ0v) is 15.9. The molecular formula is C18H20N4O3S. The SMILES string of the molecule is Cc1ccc(OCC(=O)NNC(=O)c2cc3c(C)nn(C)c3s2)cc1C. The lowest BCUT2D eigenvalue weighted by molar-refractivity contribution is -0.123. The molecule has 26 heavy (non-hydrogen) atoms. The van der Waals surface area contributed by atoms with Gasteiger partial charge in [-0.25, -0.2) is 0 Å².